The molecule has 4 rings (SSSR count). The average Bonchev–Trinajstić information content (AvgIpc) is 3.41. The third kappa shape index (κ3) is 4.75. The van der Waals surface area contributed by atoms with Crippen molar-refractivity contribution in [2.45, 2.75) is 43.6 Å². The molecule has 0 radical (unpaired) electrons. The Hall–Kier alpha value is -1.64. The van der Waals surface area contributed by atoms with Crippen LogP contribution in [0.15, 0.2) is 24.4 Å². The molecule has 1 aliphatic heterocycles. The van der Waals surface area contributed by atoms with Gasteiger partial charge in [0.1, 0.15) is 5.82 Å². The number of hydrogen-bond donors (Lipinski definition) is 1. The minimum Gasteiger partial charge on any atom is -0.350 e. The number of carbonyl (C=O) groups excluding carboxylic acids is 1. The number of nitrogens with zero attached hydrogens (tertiary/aromatic N) is 2. The van der Waals surface area contributed by atoms with Gasteiger partial charge in [0.25, 0.3) is 11.8 Å². The molecule has 0 spiro atoms. The molecule has 156 valence electrons. The molecule has 1 atom stereocenters. The van der Waals surface area contributed by atoms with Gasteiger partial charge in [-0.1, -0.05) is 17.7 Å². The number of piperidine rings is 1. The monoisotopic (exact) mass is 443 g/mol. The molecule has 1 amide bonds. The van der Waals surface area contributed by atoms with E-state index < -0.39 is 17.6 Å². The average molecular weight is 444 g/mol. The van der Waals surface area contributed by atoms with Gasteiger partial charge in [-0.25, -0.2) is 18.2 Å². The van der Waals surface area contributed by atoms with Crippen LogP contribution in [0.1, 0.15) is 57.9 Å². The first-order chi connectivity index (χ1) is 13.8. The number of thiazole rings is 1. The van der Waals surface area contributed by atoms with Gasteiger partial charge < -0.3 is 5.32 Å². The summed E-state index contributed by atoms with van der Waals surface area (Å²) in [5.74, 6) is -3.48. The minimum absolute atomic E-state index is 0.0328. The van der Waals surface area contributed by atoms with E-state index in [2.05, 4.69) is 10.3 Å². The lowest BCUT2D eigenvalue weighted by Gasteiger charge is -2.37. The third-order valence-corrected chi connectivity index (χ3v) is 6.99. The first-order valence-electron chi connectivity index (χ1n) is 9.64. The topological polar surface area (TPSA) is 45.2 Å². The molecule has 1 saturated heterocycles. The van der Waals surface area contributed by atoms with Crippen LogP contribution in [0, 0.1) is 5.82 Å². The summed E-state index contributed by atoms with van der Waals surface area (Å²) >= 11 is 7.55. The van der Waals surface area contributed by atoms with Gasteiger partial charge in [0, 0.05) is 49.5 Å². The lowest BCUT2D eigenvalue weighted by Crippen LogP contribution is -2.45. The zero-order valence-corrected chi connectivity index (χ0v) is 17.2. The van der Waals surface area contributed by atoms with Crippen LogP contribution >= 0.6 is 22.9 Å². The Morgan fingerprint density at radius 2 is 2.07 bits per heavy atom. The molecule has 4 nitrogen and oxygen atoms in total. The maximum absolute atomic E-state index is 14.0. The highest BCUT2D eigenvalue weighted by molar-refractivity contribution is 7.11. The number of hydrogen-bond acceptors (Lipinski definition) is 4. The zero-order valence-electron chi connectivity index (χ0n) is 15.6. The molecule has 2 fully saturated rings. The first kappa shape index (κ1) is 20.6. The van der Waals surface area contributed by atoms with Crippen molar-refractivity contribution in [3.63, 3.8) is 0 Å². The van der Waals surface area contributed by atoms with Crippen molar-refractivity contribution >= 4 is 28.8 Å². The summed E-state index contributed by atoms with van der Waals surface area (Å²) in [5.41, 5.74) is -0.207. The molecule has 29 heavy (non-hydrogen) atoms. The van der Waals surface area contributed by atoms with E-state index in [0.717, 1.165) is 22.7 Å². The first-order valence-corrected chi connectivity index (χ1v) is 10.8. The Morgan fingerprint density at radius 1 is 1.34 bits per heavy atom. The Balaban J connectivity index is 1.51. The van der Waals surface area contributed by atoms with Crippen LogP contribution in [0.25, 0.3) is 0 Å². The largest absolute Gasteiger partial charge is 0.350 e. The van der Waals surface area contributed by atoms with E-state index in [4.69, 9.17) is 11.6 Å². The van der Waals surface area contributed by atoms with Crippen molar-refractivity contribution < 1.29 is 18.0 Å². The standard InChI is InChI=1S/C20H21ClF3N3OS/c21-13-2-1-3-14(22)17(13)18(28)25-10-15(27-8-6-20(23,24)7-9-27)16-11-26-19(29-16)12-4-5-12/h1-3,11-12,15H,4-10H2,(H,25,28). The van der Waals surface area contributed by atoms with Gasteiger partial charge in [0.05, 0.1) is 21.6 Å². The maximum Gasteiger partial charge on any atom is 0.255 e. The van der Waals surface area contributed by atoms with Crippen LogP contribution in [0.4, 0.5) is 13.2 Å². The Bertz CT molecular complexity index is 873. The molecular formula is C20H21ClF3N3OS. The van der Waals surface area contributed by atoms with Crippen molar-refractivity contribution in [1.29, 1.82) is 0 Å². The van der Waals surface area contributed by atoms with E-state index in [0.29, 0.717) is 5.92 Å². The summed E-state index contributed by atoms with van der Waals surface area (Å²) in [5, 5.41) is 3.82. The highest BCUT2D eigenvalue weighted by Gasteiger charge is 2.37. The molecule has 1 saturated carbocycles. The highest BCUT2D eigenvalue weighted by atomic mass is 35.5. The van der Waals surface area contributed by atoms with Crippen LogP contribution < -0.4 is 5.32 Å². The molecule has 1 N–H and O–H groups in total. The second-order valence-corrected chi connectivity index (χ2v) is 9.09. The minimum atomic E-state index is -2.65. The van der Waals surface area contributed by atoms with Crippen molar-refractivity contribution in [1.82, 2.24) is 15.2 Å². The number of benzene rings is 1. The predicted octanol–water partition coefficient (Wildman–Crippen LogP) is 5.02. The number of nitrogens with one attached hydrogen (secondary N) is 1. The van der Waals surface area contributed by atoms with Crippen molar-refractivity contribution in [2.24, 2.45) is 0 Å². The van der Waals surface area contributed by atoms with Crippen molar-refractivity contribution in [3.05, 3.63) is 50.7 Å². The summed E-state index contributed by atoms with van der Waals surface area (Å²) in [7, 11) is 0. The molecule has 9 heteroatoms. The van der Waals surface area contributed by atoms with Crippen LogP contribution in [0.3, 0.4) is 0 Å². The SMILES string of the molecule is O=C(NCC(c1cnc(C2CC2)s1)N1CCC(F)(F)CC1)c1c(F)cccc1Cl. The zero-order chi connectivity index (χ0) is 20.6. The van der Waals surface area contributed by atoms with Gasteiger partial charge >= 0.3 is 0 Å². The van der Waals surface area contributed by atoms with Gasteiger partial charge in [0.2, 0.25) is 0 Å². The molecule has 1 aromatic heterocycles. The lowest BCUT2D eigenvalue weighted by molar-refractivity contribution is -0.0629. The normalized spacial score (nSPS) is 20.4. The summed E-state index contributed by atoms with van der Waals surface area (Å²) in [6.45, 7) is 0.622. The maximum atomic E-state index is 14.0. The van der Waals surface area contributed by atoms with Gasteiger partial charge in [0.15, 0.2) is 0 Å². The Labute approximate surface area is 176 Å². The fraction of sp³-hybridized carbons (Fsp3) is 0.500. The van der Waals surface area contributed by atoms with Crippen molar-refractivity contribution in [2.75, 3.05) is 19.6 Å². The van der Waals surface area contributed by atoms with Crippen molar-refractivity contribution in [3.8, 4) is 0 Å². The number of likely N-dealkylation sites (tertiary alicyclic amines) is 1. The van der Waals surface area contributed by atoms with Crippen LogP contribution in [0.5, 0.6) is 0 Å². The van der Waals surface area contributed by atoms with Gasteiger partial charge in [-0.05, 0) is 25.0 Å². The van der Waals surface area contributed by atoms with E-state index in [9.17, 15) is 18.0 Å². The fourth-order valence-electron chi connectivity index (χ4n) is 3.54. The molecule has 1 aromatic carbocycles. The third-order valence-electron chi connectivity index (χ3n) is 5.41. The highest BCUT2D eigenvalue weighted by Crippen LogP contribution is 2.43. The molecule has 1 aliphatic carbocycles. The summed E-state index contributed by atoms with van der Waals surface area (Å²) < 4.78 is 41.3. The molecule has 2 heterocycles. The smallest absolute Gasteiger partial charge is 0.255 e. The molecule has 1 unspecified atom stereocenters. The van der Waals surface area contributed by atoms with Gasteiger partial charge in [-0.2, -0.15) is 0 Å². The number of aromatic nitrogens is 1. The molecule has 2 aliphatic rings. The van der Waals surface area contributed by atoms with Crippen LogP contribution in [-0.4, -0.2) is 41.3 Å². The second kappa shape index (κ2) is 8.24. The Kier molecular flexibility index (Phi) is 5.86. The van der Waals surface area contributed by atoms with E-state index >= 15 is 0 Å². The number of alkyl halides is 2. The molecular weight excluding hydrogens is 423 g/mol. The number of carbonyl (C=O) groups is 1. The predicted molar refractivity (Wildman–Crippen MR) is 106 cm³/mol. The molecule has 0 bridgehead atoms. The lowest BCUT2D eigenvalue weighted by atomic mass is 10.0. The van der Waals surface area contributed by atoms with Gasteiger partial charge in [-0.15, -0.1) is 11.3 Å². The van der Waals surface area contributed by atoms with E-state index in [-0.39, 0.29) is 49.1 Å². The van der Waals surface area contributed by atoms with E-state index in [1.165, 1.54) is 18.2 Å². The van der Waals surface area contributed by atoms with Crippen LogP contribution in [0.2, 0.25) is 5.02 Å². The summed E-state index contributed by atoms with van der Waals surface area (Å²) in [6.07, 6.45) is 3.58. The Morgan fingerprint density at radius 3 is 2.72 bits per heavy atom. The summed E-state index contributed by atoms with van der Waals surface area (Å²) in [4.78, 5) is 19.9. The van der Waals surface area contributed by atoms with E-state index in [1.807, 2.05) is 4.90 Å². The number of rotatable bonds is 6. The second-order valence-electron chi connectivity index (χ2n) is 7.59. The van der Waals surface area contributed by atoms with E-state index in [1.54, 1.807) is 17.5 Å². The quantitative estimate of drug-likeness (QED) is 0.682. The number of halogens is 4. The number of amides is 1. The summed E-state index contributed by atoms with van der Waals surface area (Å²) in [6, 6.07) is 3.78. The molecule has 2 aromatic rings. The van der Waals surface area contributed by atoms with Gasteiger partial charge in [-0.3, -0.25) is 9.69 Å². The van der Waals surface area contributed by atoms with Crippen LogP contribution in [-0.2, 0) is 0 Å². The fourth-order valence-corrected chi connectivity index (χ4v) is 5.01.